The van der Waals surface area contributed by atoms with Crippen LogP contribution in [0, 0.1) is 0 Å². The summed E-state index contributed by atoms with van der Waals surface area (Å²) in [5.74, 6) is -1.56. The van der Waals surface area contributed by atoms with Gasteiger partial charge in [-0.25, -0.2) is 4.79 Å². The molecule has 0 bridgehead atoms. The molecular weight excluding hydrogens is 176 g/mol. The number of amides is 3. The summed E-state index contributed by atoms with van der Waals surface area (Å²) in [6.07, 6.45) is -0.360. The van der Waals surface area contributed by atoms with Crippen molar-refractivity contribution >= 4 is 17.9 Å². The first kappa shape index (κ1) is 9.50. The van der Waals surface area contributed by atoms with Gasteiger partial charge in [-0.15, -0.1) is 0 Å². The zero-order valence-corrected chi connectivity index (χ0v) is 7.11. The number of carbonyl (C=O) groups excluding carboxylic acids is 2. The number of rotatable bonds is 3. The average Bonchev–Trinajstić information content (AvgIpc) is 2.26. The SMILES string of the molecule is CCN1C(=O)N[C@@H](CC(=O)O)C1=O. The Morgan fingerprint density at radius 3 is 2.62 bits per heavy atom. The minimum absolute atomic E-state index is 0.265. The van der Waals surface area contributed by atoms with E-state index in [1.807, 2.05) is 0 Å². The number of likely N-dealkylation sites (N-methyl/N-ethyl adjacent to an activating group) is 1. The lowest BCUT2D eigenvalue weighted by Gasteiger charge is -2.07. The van der Waals surface area contributed by atoms with E-state index >= 15 is 0 Å². The molecule has 0 spiro atoms. The third-order valence-electron chi connectivity index (χ3n) is 1.80. The van der Waals surface area contributed by atoms with Gasteiger partial charge in [0.05, 0.1) is 6.42 Å². The molecule has 1 rings (SSSR count). The number of carboxylic acid groups (broad SMARTS) is 1. The summed E-state index contributed by atoms with van der Waals surface area (Å²) in [5, 5.41) is 10.7. The van der Waals surface area contributed by atoms with Crippen molar-refractivity contribution in [2.45, 2.75) is 19.4 Å². The highest BCUT2D eigenvalue weighted by Gasteiger charge is 2.37. The van der Waals surface area contributed by atoms with Crippen molar-refractivity contribution in [1.82, 2.24) is 10.2 Å². The summed E-state index contributed by atoms with van der Waals surface area (Å²) >= 11 is 0. The zero-order valence-electron chi connectivity index (χ0n) is 7.11. The number of hydrogen-bond acceptors (Lipinski definition) is 3. The van der Waals surface area contributed by atoms with Crippen molar-refractivity contribution in [3.8, 4) is 0 Å². The lowest BCUT2D eigenvalue weighted by Crippen LogP contribution is -2.32. The summed E-state index contributed by atoms with van der Waals surface area (Å²) in [6.45, 7) is 1.92. The second-order valence-electron chi connectivity index (χ2n) is 2.68. The molecule has 2 N–H and O–H groups in total. The predicted molar refractivity (Wildman–Crippen MR) is 42.0 cm³/mol. The molecule has 72 valence electrons. The normalized spacial score (nSPS) is 21.9. The van der Waals surface area contributed by atoms with Gasteiger partial charge in [0.25, 0.3) is 5.91 Å². The topological polar surface area (TPSA) is 86.7 Å². The van der Waals surface area contributed by atoms with Crippen molar-refractivity contribution in [2.24, 2.45) is 0 Å². The third-order valence-corrected chi connectivity index (χ3v) is 1.80. The van der Waals surface area contributed by atoms with E-state index in [-0.39, 0.29) is 13.0 Å². The van der Waals surface area contributed by atoms with E-state index in [0.29, 0.717) is 0 Å². The second kappa shape index (κ2) is 3.42. The largest absolute Gasteiger partial charge is 0.481 e. The Balaban J connectivity index is 2.67. The van der Waals surface area contributed by atoms with E-state index in [4.69, 9.17) is 5.11 Å². The number of carboxylic acids is 1. The minimum Gasteiger partial charge on any atom is -0.481 e. The highest BCUT2D eigenvalue weighted by molar-refractivity contribution is 6.05. The molecule has 0 aromatic heterocycles. The van der Waals surface area contributed by atoms with E-state index in [1.54, 1.807) is 6.92 Å². The standard InChI is InChI=1S/C7H10N2O4/c1-2-9-6(12)4(3-5(10)11)8-7(9)13/h4H,2-3H2,1H3,(H,8,13)(H,10,11)/t4-/m0/s1. The van der Waals surface area contributed by atoms with Crippen LogP contribution < -0.4 is 5.32 Å². The molecule has 1 atom stereocenters. The lowest BCUT2D eigenvalue weighted by atomic mass is 10.2. The van der Waals surface area contributed by atoms with E-state index < -0.39 is 23.9 Å². The van der Waals surface area contributed by atoms with Crippen LogP contribution in [-0.4, -0.2) is 40.5 Å². The van der Waals surface area contributed by atoms with Crippen LogP contribution in [0.25, 0.3) is 0 Å². The number of carbonyl (C=O) groups is 3. The fourth-order valence-electron chi connectivity index (χ4n) is 1.19. The van der Waals surface area contributed by atoms with Crippen LogP contribution >= 0.6 is 0 Å². The molecule has 1 heterocycles. The van der Waals surface area contributed by atoms with Gasteiger partial charge >= 0.3 is 12.0 Å². The van der Waals surface area contributed by atoms with Crippen LogP contribution in [0.3, 0.4) is 0 Å². The summed E-state index contributed by atoms with van der Waals surface area (Å²) in [7, 11) is 0. The fraction of sp³-hybridized carbons (Fsp3) is 0.571. The Morgan fingerprint density at radius 1 is 1.62 bits per heavy atom. The minimum atomic E-state index is -1.10. The first-order chi connectivity index (χ1) is 6.06. The van der Waals surface area contributed by atoms with Crippen LogP contribution in [0.4, 0.5) is 4.79 Å². The number of aliphatic carboxylic acids is 1. The smallest absolute Gasteiger partial charge is 0.324 e. The van der Waals surface area contributed by atoms with Crippen molar-refractivity contribution in [1.29, 1.82) is 0 Å². The van der Waals surface area contributed by atoms with Crippen LogP contribution in [0.15, 0.2) is 0 Å². The molecule has 6 nitrogen and oxygen atoms in total. The molecule has 0 aromatic carbocycles. The first-order valence-electron chi connectivity index (χ1n) is 3.90. The van der Waals surface area contributed by atoms with Crippen LogP contribution in [-0.2, 0) is 9.59 Å². The molecule has 1 aliphatic heterocycles. The Labute approximate surface area is 74.5 Å². The molecule has 0 aliphatic carbocycles. The van der Waals surface area contributed by atoms with Gasteiger partial charge < -0.3 is 10.4 Å². The highest BCUT2D eigenvalue weighted by atomic mass is 16.4. The summed E-state index contributed by atoms with van der Waals surface area (Å²) in [4.78, 5) is 33.5. The first-order valence-corrected chi connectivity index (χ1v) is 3.90. The Hall–Kier alpha value is -1.59. The van der Waals surface area contributed by atoms with Crippen molar-refractivity contribution in [2.75, 3.05) is 6.54 Å². The van der Waals surface area contributed by atoms with E-state index in [0.717, 1.165) is 4.90 Å². The number of nitrogens with zero attached hydrogens (tertiary/aromatic N) is 1. The molecular formula is C7H10N2O4. The molecule has 3 amide bonds. The fourth-order valence-corrected chi connectivity index (χ4v) is 1.19. The third kappa shape index (κ3) is 1.77. The number of imide groups is 1. The van der Waals surface area contributed by atoms with Gasteiger partial charge in [0.2, 0.25) is 0 Å². The summed E-state index contributed by atoms with van der Waals surface area (Å²) < 4.78 is 0. The molecule has 1 fully saturated rings. The average molecular weight is 186 g/mol. The van der Waals surface area contributed by atoms with Crippen LogP contribution in [0.1, 0.15) is 13.3 Å². The molecule has 1 aliphatic rings. The second-order valence-corrected chi connectivity index (χ2v) is 2.68. The van der Waals surface area contributed by atoms with Gasteiger partial charge in [-0.3, -0.25) is 14.5 Å². The quantitative estimate of drug-likeness (QED) is 0.576. The number of nitrogens with one attached hydrogen (secondary N) is 1. The maximum atomic E-state index is 11.3. The van der Waals surface area contributed by atoms with Crippen molar-refractivity contribution in [3.05, 3.63) is 0 Å². The molecule has 0 aromatic rings. The zero-order chi connectivity index (χ0) is 10.0. The summed E-state index contributed by atoms with van der Waals surface area (Å²) in [6, 6.07) is -1.41. The molecule has 0 unspecified atom stereocenters. The lowest BCUT2D eigenvalue weighted by molar-refractivity contribution is -0.140. The monoisotopic (exact) mass is 186 g/mol. The van der Waals surface area contributed by atoms with Gasteiger partial charge in [0, 0.05) is 6.54 Å². The molecule has 6 heteroatoms. The van der Waals surface area contributed by atoms with Gasteiger partial charge in [-0.05, 0) is 6.92 Å². The highest BCUT2D eigenvalue weighted by Crippen LogP contribution is 2.08. The molecule has 13 heavy (non-hydrogen) atoms. The molecule has 0 radical (unpaired) electrons. The number of hydrogen-bond donors (Lipinski definition) is 2. The van der Waals surface area contributed by atoms with Crippen LogP contribution in [0.2, 0.25) is 0 Å². The Morgan fingerprint density at radius 2 is 2.23 bits per heavy atom. The van der Waals surface area contributed by atoms with Crippen molar-refractivity contribution in [3.63, 3.8) is 0 Å². The van der Waals surface area contributed by atoms with E-state index in [1.165, 1.54) is 0 Å². The predicted octanol–water partition coefficient (Wildman–Crippen LogP) is -0.599. The summed E-state index contributed by atoms with van der Waals surface area (Å²) in [5.41, 5.74) is 0. The maximum absolute atomic E-state index is 11.3. The van der Waals surface area contributed by atoms with Gasteiger partial charge in [0.15, 0.2) is 0 Å². The van der Waals surface area contributed by atoms with Gasteiger partial charge in [0.1, 0.15) is 6.04 Å². The number of urea groups is 1. The molecule has 0 saturated carbocycles. The van der Waals surface area contributed by atoms with E-state index in [9.17, 15) is 14.4 Å². The van der Waals surface area contributed by atoms with Gasteiger partial charge in [-0.1, -0.05) is 0 Å². The Kier molecular flexibility index (Phi) is 2.50. The van der Waals surface area contributed by atoms with E-state index in [2.05, 4.69) is 5.32 Å². The van der Waals surface area contributed by atoms with Gasteiger partial charge in [-0.2, -0.15) is 0 Å². The maximum Gasteiger partial charge on any atom is 0.324 e. The van der Waals surface area contributed by atoms with Crippen molar-refractivity contribution < 1.29 is 19.5 Å². The Bertz CT molecular complexity index is 263. The van der Waals surface area contributed by atoms with Crippen LogP contribution in [0.5, 0.6) is 0 Å². The molecule has 1 saturated heterocycles.